The first kappa shape index (κ1) is 23.9. The molecule has 0 N–H and O–H groups in total. The predicted octanol–water partition coefficient (Wildman–Crippen LogP) is 3.38. The predicted molar refractivity (Wildman–Crippen MR) is 136 cm³/mol. The Morgan fingerprint density at radius 3 is 2.58 bits per heavy atom. The van der Waals surface area contributed by atoms with Crippen LogP contribution in [0.25, 0.3) is 0 Å². The average Bonchev–Trinajstić information content (AvgIpc) is 3.06. The van der Waals surface area contributed by atoms with Crippen molar-refractivity contribution in [3.8, 4) is 6.07 Å². The third-order valence-corrected chi connectivity index (χ3v) is 7.73. The Balaban J connectivity index is 1.20. The van der Waals surface area contributed by atoms with Gasteiger partial charge in [-0.2, -0.15) is 5.26 Å². The van der Waals surface area contributed by atoms with Crippen molar-refractivity contribution in [3.63, 3.8) is 0 Å². The first-order chi connectivity index (χ1) is 17.4. The Bertz CT molecular complexity index is 1220. The van der Waals surface area contributed by atoms with Gasteiger partial charge in [0.25, 0.3) is 5.91 Å². The van der Waals surface area contributed by atoms with Gasteiger partial charge >= 0.3 is 0 Å². The molecule has 0 saturated carbocycles. The molecule has 8 nitrogen and oxygen atoms in total. The molecule has 3 amide bonds. The second kappa shape index (κ2) is 9.65. The van der Waals surface area contributed by atoms with Gasteiger partial charge in [0, 0.05) is 51.3 Å². The van der Waals surface area contributed by atoms with Crippen LogP contribution in [0.5, 0.6) is 0 Å². The van der Waals surface area contributed by atoms with Crippen LogP contribution in [0.1, 0.15) is 54.9 Å². The van der Waals surface area contributed by atoms with Crippen LogP contribution in [0.4, 0.5) is 11.4 Å². The Hall–Kier alpha value is -3.86. The number of nitrogens with zero attached hydrogens (tertiary/aromatic N) is 5. The summed E-state index contributed by atoms with van der Waals surface area (Å²) in [7, 11) is 0. The Morgan fingerprint density at radius 1 is 1.03 bits per heavy atom. The van der Waals surface area contributed by atoms with Crippen molar-refractivity contribution >= 4 is 29.1 Å². The molecule has 2 saturated heterocycles. The fourth-order valence-electron chi connectivity index (χ4n) is 5.76. The summed E-state index contributed by atoms with van der Waals surface area (Å²) in [6.07, 6.45) is 2.81. The summed E-state index contributed by atoms with van der Waals surface area (Å²) in [5, 5.41) is 9.02. The van der Waals surface area contributed by atoms with E-state index in [0.29, 0.717) is 62.1 Å². The number of amides is 3. The van der Waals surface area contributed by atoms with Gasteiger partial charge in [-0.3, -0.25) is 19.3 Å². The maximum atomic E-state index is 13.4. The number of carbonyl (C=O) groups excluding carboxylic acids is 3. The number of hydrogen-bond acceptors (Lipinski definition) is 5. The van der Waals surface area contributed by atoms with E-state index in [-0.39, 0.29) is 17.7 Å². The van der Waals surface area contributed by atoms with Crippen molar-refractivity contribution in [1.82, 2.24) is 9.80 Å². The largest absolute Gasteiger partial charge is 0.370 e. The molecule has 1 unspecified atom stereocenters. The molecular formula is C28H31N5O3. The lowest BCUT2D eigenvalue weighted by Crippen LogP contribution is -2.62. The second-order valence-electron chi connectivity index (χ2n) is 9.90. The van der Waals surface area contributed by atoms with Gasteiger partial charge < -0.3 is 14.7 Å². The molecule has 0 bridgehead atoms. The number of hydrogen-bond donors (Lipinski definition) is 0. The number of anilines is 2. The Labute approximate surface area is 211 Å². The highest BCUT2D eigenvalue weighted by Crippen LogP contribution is 2.44. The van der Waals surface area contributed by atoms with Gasteiger partial charge in [0.15, 0.2) is 0 Å². The maximum absolute atomic E-state index is 13.4. The fraction of sp³-hybridized carbons (Fsp3) is 0.429. The molecule has 5 rings (SSSR count). The van der Waals surface area contributed by atoms with Crippen LogP contribution in [0.15, 0.2) is 48.5 Å². The summed E-state index contributed by atoms with van der Waals surface area (Å²) in [5.74, 6) is 0.0697. The number of rotatable bonds is 5. The molecule has 3 aliphatic heterocycles. The smallest absolute Gasteiger partial charge is 0.257 e. The lowest BCUT2D eigenvalue weighted by Gasteiger charge is -2.48. The summed E-state index contributed by atoms with van der Waals surface area (Å²) in [6, 6.07) is 17.0. The molecule has 3 heterocycles. The molecule has 186 valence electrons. The standard InChI is InChI=1S/C28H31N5O3/c1-28-14-13-26(35)33(28)24-7-3-2-6-23(24)27(36)32(28)17-4-8-25(34)31-16-5-15-30(18-19-31)22-11-9-21(20-29)10-12-22/h2-3,6-7,9-12H,4-5,8,13-19H2,1H3. The zero-order valence-corrected chi connectivity index (χ0v) is 20.7. The molecule has 8 heteroatoms. The van der Waals surface area contributed by atoms with E-state index in [1.807, 2.05) is 54.3 Å². The van der Waals surface area contributed by atoms with Crippen LogP contribution in [-0.2, 0) is 9.59 Å². The summed E-state index contributed by atoms with van der Waals surface area (Å²) < 4.78 is 0. The summed E-state index contributed by atoms with van der Waals surface area (Å²) >= 11 is 0. The highest BCUT2D eigenvalue weighted by atomic mass is 16.2. The number of nitriles is 1. The van der Waals surface area contributed by atoms with E-state index in [0.717, 1.165) is 25.2 Å². The van der Waals surface area contributed by atoms with E-state index in [2.05, 4.69) is 11.0 Å². The molecular weight excluding hydrogens is 454 g/mol. The lowest BCUT2D eigenvalue weighted by atomic mass is 9.98. The molecule has 0 aliphatic carbocycles. The normalized spacial score (nSPS) is 21.7. The second-order valence-corrected chi connectivity index (χ2v) is 9.90. The molecule has 36 heavy (non-hydrogen) atoms. The van der Waals surface area contributed by atoms with Crippen molar-refractivity contribution in [2.24, 2.45) is 0 Å². The van der Waals surface area contributed by atoms with Gasteiger partial charge in [-0.1, -0.05) is 12.1 Å². The highest BCUT2D eigenvalue weighted by Gasteiger charge is 2.52. The van der Waals surface area contributed by atoms with E-state index >= 15 is 0 Å². The van der Waals surface area contributed by atoms with Crippen LogP contribution in [0, 0.1) is 11.3 Å². The minimum Gasteiger partial charge on any atom is -0.370 e. The first-order valence-corrected chi connectivity index (χ1v) is 12.7. The van der Waals surface area contributed by atoms with Crippen molar-refractivity contribution < 1.29 is 14.4 Å². The monoisotopic (exact) mass is 485 g/mol. The van der Waals surface area contributed by atoms with Crippen LogP contribution in [-0.4, -0.2) is 65.9 Å². The van der Waals surface area contributed by atoms with Crippen LogP contribution in [0.3, 0.4) is 0 Å². The summed E-state index contributed by atoms with van der Waals surface area (Å²) in [5.41, 5.74) is 2.26. The molecule has 2 aromatic carbocycles. The number of carbonyl (C=O) groups is 3. The van der Waals surface area contributed by atoms with Crippen LogP contribution < -0.4 is 9.80 Å². The first-order valence-electron chi connectivity index (χ1n) is 12.7. The lowest BCUT2D eigenvalue weighted by molar-refractivity contribution is -0.131. The van der Waals surface area contributed by atoms with Gasteiger partial charge in [0.2, 0.25) is 11.8 Å². The van der Waals surface area contributed by atoms with E-state index in [4.69, 9.17) is 5.26 Å². The minimum absolute atomic E-state index is 0.0370. The SMILES string of the molecule is CC12CCC(=O)N1c1ccccc1C(=O)N2CCCC(=O)N1CCCN(c2ccc(C#N)cc2)CC1. The summed E-state index contributed by atoms with van der Waals surface area (Å²) in [6.45, 7) is 5.36. The Kier molecular flexibility index (Phi) is 6.40. The third kappa shape index (κ3) is 4.19. The highest BCUT2D eigenvalue weighted by molar-refractivity contribution is 6.10. The van der Waals surface area contributed by atoms with E-state index in [1.165, 1.54) is 0 Å². The van der Waals surface area contributed by atoms with Gasteiger partial charge in [-0.25, -0.2) is 0 Å². The average molecular weight is 486 g/mol. The molecule has 0 aromatic heterocycles. The van der Waals surface area contributed by atoms with E-state index < -0.39 is 5.66 Å². The third-order valence-electron chi connectivity index (χ3n) is 7.73. The van der Waals surface area contributed by atoms with Gasteiger partial charge in [0.05, 0.1) is 22.9 Å². The molecule has 2 fully saturated rings. The molecule has 1 atom stereocenters. The van der Waals surface area contributed by atoms with Gasteiger partial charge in [-0.15, -0.1) is 0 Å². The molecule has 2 aromatic rings. The number of para-hydroxylation sites is 1. The summed E-state index contributed by atoms with van der Waals surface area (Å²) in [4.78, 5) is 46.9. The molecule has 0 spiro atoms. The maximum Gasteiger partial charge on any atom is 0.257 e. The number of fused-ring (bicyclic) bond motifs is 3. The van der Waals surface area contributed by atoms with Crippen molar-refractivity contribution in [2.45, 2.75) is 44.7 Å². The van der Waals surface area contributed by atoms with Crippen molar-refractivity contribution in [3.05, 3.63) is 59.7 Å². The molecule has 0 radical (unpaired) electrons. The van der Waals surface area contributed by atoms with E-state index in [1.54, 1.807) is 15.9 Å². The minimum atomic E-state index is -0.685. The van der Waals surface area contributed by atoms with Crippen molar-refractivity contribution in [2.75, 3.05) is 42.5 Å². The quantitative estimate of drug-likeness (QED) is 0.648. The zero-order chi connectivity index (χ0) is 25.3. The van der Waals surface area contributed by atoms with Crippen LogP contribution in [0.2, 0.25) is 0 Å². The molecule has 3 aliphatic rings. The van der Waals surface area contributed by atoms with E-state index in [9.17, 15) is 14.4 Å². The van der Waals surface area contributed by atoms with Gasteiger partial charge in [0.1, 0.15) is 5.66 Å². The number of benzene rings is 2. The topological polar surface area (TPSA) is 88.0 Å². The van der Waals surface area contributed by atoms with Crippen molar-refractivity contribution in [1.29, 1.82) is 5.26 Å². The zero-order valence-electron chi connectivity index (χ0n) is 20.7. The van der Waals surface area contributed by atoms with Crippen LogP contribution >= 0.6 is 0 Å². The van der Waals surface area contributed by atoms with Gasteiger partial charge in [-0.05, 0) is 62.6 Å². The Morgan fingerprint density at radius 2 is 1.81 bits per heavy atom. The fourth-order valence-corrected chi connectivity index (χ4v) is 5.76.